The molecule has 5 nitrogen and oxygen atoms in total. The molecule has 0 saturated carbocycles. The largest absolute Gasteiger partial charge is 0.883 e. The maximum absolute atomic E-state index is 10.7. The molecule has 0 heterocycles. The highest BCUT2D eigenvalue weighted by molar-refractivity contribution is 5.86. The predicted molar refractivity (Wildman–Crippen MR) is 56.2 cm³/mol. The van der Waals surface area contributed by atoms with Gasteiger partial charge in [-0.3, -0.25) is 0 Å². The topological polar surface area (TPSA) is 89.5 Å². The van der Waals surface area contributed by atoms with Crippen molar-refractivity contribution in [3.05, 3.63) is 48.4 Å². The summed E-state index contributed by atoms with van der Waals surface area (Å²) in [6.45, 7) is 5.20. The highest BCUT2D eigenvalue weighted by Crippen LogP contribution is 2.19. The first-order valence-electron chi connectivity index (χ1n) is 4.90. The first-order chi connectivity index (χ1) is 7.97. The SMILES string of the molecule is [CH2-]CN(C(C)=C([O-])[O-])c1ccc(C(=O)[O-])cc1. The Balaban J connectivity index is 3.06. The van der Waals surface area contributed by atoms with Crippen molar-refractivity contribution in [1.29, 1.82) is 0 Å². The van der Waals surface area contributed by atoms with Gasteiger partial charge in [-0.05, 0) is 30.3 Å². The van der Waals surface area contributed by atoms with Crippen LogP contribution in [0.15, 0.2) is 35.9 Å². The van der Waals surface area contributed by atoms with Crippen molar-refractivity contribution < 1.29 is 20.1 Å². The summed E-state index contributed by atoms with van der Waals surface area (Å²) in [6, 6.07) is 5.66. The zero-order valence-corrected chi connectivity index (χ0v) is 9.30. The minimum absolute atomic E-state index is 0.0150. The number of carboxylic acids is 1. The van der Waals surface area contributed by atoms with Gasteiger partial charge in [-0.15, -0.1) is 6.54 Å². The lowest BCUT2D eigenvalue weighted by Crippen LogP contribution is -2.30. The molecule has 1 aromatic rings. The second-order valence-corrected chi connectivity index (χ2v) is 3.36. The van der Waals surface area contributed by atoms with Crippen LogP contribution in [-0.4, -0.2) is 12.5 Å². The van der Waals surface area contributed by atoms with Gasteiger partial charge in [-0.25, -0.2) is 0 Å². The Hall–Kier alpha value is -2.17. The van der Waals surface area contributed by atoms with E-state index in [-0.39, 0.29) is 17.8 Å². The molecule has 92 valence electrons. The fourth-order valence-electron chi connectivity index (χ4n) is 1.38. The van der Waals surface area contributed by atoms with Crippen LogP contribution in [-0.2, 0) is 0 Å². The number of anilines is 1. The van der Waals surface area contributed by atoms with Crippen molar-refractivity contribution in [3.8, 4) is 0 Å². The third-order valence-electron chi connectivity index (χ3n) is 2.34. The summed E-state index contributed by atoms with van der Waals surface area (Å²) in [5.74, 6) is -2.57. The summed E-state index contributed by atoms with van der Waals surface area (Å²) in [7, 11) is 0. The maximum atomic E-state index is 10.7. The number of carbonyl (C=O) groups is 1. The lowest BCUT2D eigenvalue weighted by atomic mass is 10.2. The van der Waals surface area contributed by atoms with E-state index in [2.05, 4.69) is 6.92 Å². The van der Waals surface area contributed by atoms with Gasteiger partial charge in [-0.2, -0.15) is 5.95 Å². The van der Waals surface area contributed by atoms with Crippen LogP contribution in [0.5, 0.6) is 0 Å². The van der Waals surface area contributed by atoms with Gasteiger partial charge in [0.05, 0.1) is 5.97 Å². The molecule has 0 atom stereocenters. The summed E-state index contributed by atoms with van der Waals surface area (Å²) >= 11 is 0. The van der Waals surface area contributed by atoms with Crippen LogP contribution in [0, 0.1) is 6.92 Å². The van der Waals surface area contributed by atoms with Gasteiger partial charge in [0.25, 0.3) is 0 Å². The number of rotatable bonds is 4. The van der Waals surface area contributed by atoms with Gasteiger partial charge < -0.3 is 31.9 Å². The quantitative estimate of drug-likeness (QED) is 0.471. The van der Waals surface area contributed by atoms with Crippen LogP contribution in [0.1, 0.15) is 17.3 Å². The van der Waals surface area contributed by atoms with E-state index >= 15 is 0 Å². The molecule has 5 heteroatoms. The first kappa shape index (κ1) is 12.9. The number of allylic oxidation sites excluding steroid dienone is 1. The molecule has 0 spiro atoms. The molecule has 0 aliphatic carbocycles. The molecule has 0 aliphatic heterocycles. The van der Waals surface area contributed by atoms with Crippen LogP contribution < -0.4 is 20.2 Å². The van der Waals surface area contributed by atoms with Gasteiger partial charge in [0.1, 0.15) is 0 Å². The van der Waals surface area contributed by atoms with E-state index < -0.39 is 11.9 Å². The van der Waals surface area contributed by atoms with E-state index in [1.807, 2.05) is 0 Å². The molecule has 0 aromatic heterocycles. The Morgan fingerprint density at radius 1 is 1.24 bits per heavy atom. The normalized spacial score (nSPS) is 9.76. The van der Waals surface area contributed by atoms with Gasteiger partial charge in [0.15, 0.2) is 0 Å². The second kappa shape index (κ2) is 5.25. The lowest BCUT2D eigenvalue weighted by molar-refractivity contribution is -0.515. The number of benzene rings is 1. The predicted octanol–water partition coefficient (Wildman–Crippen LogP) is -1.40. The summed E-state index contributed by atoms with van der Waals surface area (Å²) < 4.78 is 0. The number of nitrogens with zero attached hydrogens (tertiary/aromatic N) is 1. The standard InChI is InChI=1S/C12H14NO4/c1-3-13(8(2)11(14)15)10-6-4-9(5-7-10)12(16)17/h4-7,14-15H,1,3H2,2H3,(H,16,17)/q-1/p-3. The Morgan fingerprint density at radius 3 is 2.12 bits per heavy atom. The Morgan fingerprint density at radius 2 is 1.76 bits per heavy atom. The van der Waals surface area contributed by atoms with Crippen LogP contribution in [0.2, 0.25) is 0 Å². The number of carboxylic acid groups (broad SMARTS) is 1. The van der Waals surface area contributed by atoms with E-state index in [0.29, 0.717) is 5.69 Å². The van der Waals surface area contributed by atoms with Crippen molar-refractivity contribution in [3.63, 3.8) is 0 Å². The minimum atomic E-state index is -1.29. The molecule has 0 unspecified atom stereocenters. The van der Waals surface area contributed by atoms with Crippen LogP contribution in [0.3, 0.4) is 0 Å². The zero-order chi connectivity index (χ0) is 13.0. The summed E-state index contributed by atoms with van der Waals surface area (Å²) in [5.41, 5.74) is 0.580. The summed E-state index contributed by atoms with van der Waals surface area (Å²) in [5, 5.41) is 32.0. The Kier molecular flexibility index (Phi) is 3.98. The third kappa shape index (κ3) is 2.90. The molecule has 1 aromatic carbocycles. The second-order valence-electron chi connectivity index (χ2n) is 3.36. The van der Waals surface area contributed by atoms with Gasteiger partial charge in [0.2, 0.25) is 0 Å². The molecule has 0 saturated heterocycles. The summed E-state index contributed by atoms with van der Waals surface area (Å²) in [6.07, 6.45) is 0. The minimum Gasteiger partial charge on any atom is -0.883 e. The summed E-state index contributed by atoms with van der Waals surface area (Å²) in [4.78, 5) is 12.0. The Labute approximate surface area is 99.2 Å². The van der Waals surface area contributed by atoms with Crippen LogP contribution in [0.25, 0.3) is 0 Å². The fraction of sp³-hybridized carbons (Fsp3) is 0.167. The molecule has 0 radical (unpaired) electrons. The van der Waals surface area contributed by atoms with Crippen molar-refractivity contribution in [2.24, 2.45) is 0 Å². The fourth-order valence-corrected chi connectivity index (χ4v) is 1.38. The Bertz CT molecular complexity index is 432. The average Bonchev–Trinajstić information content (AvgIpc) is 2.30. The number of carbonyl (C=O) groups excluding carboxylic acids is 1. The third-order valence-corrected chi connectivity index (χ3v) is 2.34. The number of hydrogen-bond acceptors (Lipinski definition) is 5. The van der Waals surface area contributed by atoms with E-state index in [4.69, 9.17) is 0 Å². The van der Waals surface area contributed by atoms with Gasteiger partial charge >= 0.3 is 0 Å². The molecular weight excluding hydrogens is 222 g/mol. The molecule has 0 aliphatic rings. The monoisotopic (exact) mass is 233 g/mol. The molecule has 17 heavy (non-hydrogen) atoms. The smallest absolute Gasteiger partial charge is 0.0715 e. The van der Waals surface area contributed by atoms with Crippen molar-refractivity contribution in [1.82, 2.24) is 0 Å². The van der Waals surface area contributed by atoms with Crippen LogP contribution in [0.4, 0.5) is 5.69 Å². The van der Waals surface area contributed by atoms with E-state index in [0.717, 1.165) is 0 Å². The van der Waals surface area contributed by atoms with Crippen molar-refractivity contribution >= 4 is 11.7 Å². The number of hydrogen-bond donors (Lipinski definition) is 0. The van der Waals surface area contributed by atoms with Crippen molar-refractivity contribution in [2.45, 2.75) is 6.92 Å². The molecule has 0 bridgehead atoms. The van der Waals surface area contributed by atoms with E-state index in [1.165, 1.54) is 36.1 Å². The zero-order valence-electron chi connectivity index (χ0n) is 9.30. The average molecular weight is 233 g/mol. The first-order valence-corrected chi connectivity index (χ1v) is 4.90. The maximum Gasteiger partial charge on any atom is 0.0715 e. The molecule has 0 N–H and O–H groups in total. The highest BCUT2D eigenvalue weighted by Gasteiger charge is 2.03. The molecular formula is C12H11NO4-4. The molecule has 0 fully saturated rings. The number of aromatic carboxylic acids is 1. The van der Waals surface area contributed by atoms with Gasteiger partial charge in [0, 0.05) is 5.69 Å². The van der Waals surface area contributed by atoms with Crippen molar-refractivity contribution in [2.75, 3.05) is 11.4 Å². The van der Waals surface area contributed by atoms with E-state index in [9.17, 15) is 20.1 Å². The van der Waals surface area contributed by atoms with E-state index in [1.54, 1.807) is 0 Å². The molecule has 0 amide bonds. The lowest BCUT2D eigenvalue weighted by Gasteiger charge is -2.34. The molecule has 1 rings (SSSR count). The van der Waals surface area contributed by atoms with Crippen LogP contribution >= 0.6 is 0 Å². The van der Waals surface area contributed by atoms with Gasteiger partial charge in [-0.1, -0.05) is 12.1 Å². The highest BCUT2D eigenvalue weighted by atomic mass is 16.5.